The summed E-state index contributed by atoms with van der Waals surface area (Å²) in [5.74, 6) is -1.43. The molecule has 0 unspecified atom stereocenters. The molecule has 1 rings (SSSR count). The molecule has 17 heavy (non-hydrogen) atoms. The van der Waals surface area contributed by atoms with Gasteiger partial charge in [-0.25, -0.2) is 4.79 Å². The number of esters is 1. The number of nitrogens with zero attached hydrogens (tertiary/aromatic N) is 1. The van der Waals surface area contributed by atoms with E-state index in [1.54, 1.807) is 6.07 Å². The zero-order valence-corrected chi connectivity index (χ0v) is 8.74. The highest BCUT2D eigenvalue weighted by atomic mass is 19.3. The summed E-state index contributed by atoms with van der Waals surface area (Å²) in [4.78, 5) is 11.4. The van der Waals surface area contributed by atoms with E-state index >= 15 is 0 Å². The third-order valence-corrected chi connectivity index (χ3v) is 1.85. The number of methoxy groups -OCH3 is 1. The highest BCUT2D eigenvalue weighted by Crippen LogP contribution is 2.28. The van der Waals surface area contributed by atoms with Gasteiger partial charge in [-0.2, -0.15) is 14.0 Å². The summed E-state index contributed by atoms with van der Waals surface area (Å²) in [6.45, 7) is -3.13. The number of ether oxygens (including phenoxy) is 2. The zero-order chi connectivity index (χ0) is 13.0. The van der Waals surface area contributed by atoms with Crippen LogP contribution < -0.4 is 10.5 Å². The summed E-state index contributed by atoms with van der Waals surface area (Å²) in [5, 5.41) is 8.79. The normalized spacial score (nSPS) is 9.82. The fourth-order valence-corrected chi connectivity index (χ4v) is 1.23. The molecule has 0 saturated heterocycles. The molecule has 1 aromatic rings. The standard InChI is InChI=1S/C10H8F2N2O3/c1-16-9(15)8-5(4-13)2-6(14)3-7(8)17-10(11)12/h2-3,10H,14H2,1H3. The van der Waals surface area contributed by atoms with E-state index < -0.39 is 18.3 Å². The van der Waals surface area contributed by atoms with Crippen molar-refractivity contribution in [2.24, 2.45) is 0 Å². The average molecular weight is 242 g/mol. The predicted octanol–water partition coefficient (Wildman–Crippen LogP) is 1.53. The topological polar surface area (TPSA) is 85.3 Å². The molecule has 0 spiro atoms. The molecule has 0 aromatic heterocycles. The largest absolute Gasteiger partial charge is 0.465 e. The van der Waals surface area contributed by atoms with E-state index in [4.69, 9.17) is 11.0 Å². The van der Waals surface area contributed by atoms with Gasteiger partial charge in [0.2, 0.25) is 0 Å². The maximum atomic E-state index is 12.1. The number of hydrogen-bond donors (Lipinski definition) is 1. The Morgan fingerprint density at radius 1 is 1.53 bits per heavy atom. The van der Waals surface area contributed by atoms with Crippen LogP contribution in [0.25, 0.3) is 0 Å². The lowest BCUT2D eigenvalue weighted by Gasteiger charge is -2.11. The molecule has 0 heterocycles. The summed E-state index contributed by atoms with van der Waals surface area (Å²) < 4.78 is 32.8. The Bertz CT molecular complexity index is 483. The molecule has 1 aromatic carbocycles. The number of alkyl halides is 2. The first-order valence-electron chi connectivity index (χ1n) is 4.36. The van der Waals surface area contributed by atoms with Crippen molar-refractivity contribution in [2.75, 3.05) is 12.8 Å². The van der Waals surface area contributed by atoms with Crippen molar-refractivity contribution in [3.8, 4) is 11.8 Å². The van der Waals surface area contributed by atoms with Gasteiger partial charge in [0, 0.05) is 11.8 Å². The number of hydrogen-bond acceptors (Lipinski definition) is 5. The molecule has 0 aliphatic carbocycles. The van der Waals surface area contributed by atoms with Crippen molar-refractivity contribution < 1.29 is 23.0 Å². The minimum Gasteiger partial charge on any atom is -0.465 e. The number of nitrogens with two attached hydrogens (primary N) is 1. The highest BCUT2D eigenvalue weighted by molar-refractivity contribution is 5.96. The fourth-order valence-electron chi connectivity index (χ4n) is 1.23. The predicted molar refractivity (Wildman–Crippen MR) is 53.5 cm³/mol. The molecule has 5 nitrogen and oxygen atoms in total. The second-order valence-corrected chi connectivity index (χ2v) is 2.92. The molecular weight excluding hydrogens is 234 g/mol. The first-order valence-corrected chi connectivity index (χ1v) is 4.36. The summed E-state index contributed by atoms with van der Waals surface area (Å²) >= 11 is 0. The lowest BCUT2D eigenvalue weighted by Crippen LogP contribution is -2.11. The molecule has 0 aliphatic heterocycles. The lowest BCUT2D eigenvalue weighted by molar-refractivity contribution is -0.0503. The number of carbonyl (C=O) groups is 1. The minimum atomic E-state index is -3.13. The van der Waals surface area contributed by atoms with E-state index in [1.807, 2.05) is 0 Å². The Morgan fingerprint density at radius 3 is 2.65 bits per heavy atom. The van der Waals surface area contributed by atoms with Crippen LogP contribution >= 0.6 is 0 Å². The number of nitriles is 1. The van der Waals surface area contributed by atoms with Crippen LogP contribution in [-0.4, -0.2) is 19.7 Å². The average Bonchev–Trinajstić information content (AvgIpc) is 2.26. The summed E-state index contributed by atoms with van der Waals surface area (Å²) in [6, 6.07) is 3.86. The molecule has 7 heteroatoms. The zero-order valence-electron chi connectivity index (χ0n) is 8.74. The van der Waals surface area contributed by atoms with Gasteiger partial charge < -0.3 is 15.2 Å². The van der Waals surface area contributed by atoms with E-state index in [-0.39, 0.29) is 16.8 Å². The maximum absolute atomic E-state index is 12.1. The van der Waals surface area contributed by atoms with Crippen molar-refractivity contribution in [2.45, 2.75) is 6.61 Å². The molecule has 0 aliphatic rings. The maximum Gasteiger partial charge on any atom is 0.387 e. The monoisotopic (exact) mass is 242 g/mol. The quantitative estimate of drug-likeness (QED) is 0.641. The van der Waals surface area contributed by atoms with Crippen molar-refractivity contribution in [1.29, 1.82) is 5.26 Å². The molecule has 2 N–H and O–H groups in total. The van der Waals surface area contributed by atoms with Gasteiger partial charge in [0.05, 0.1) is 12.7 Å². The third-order valence-electron chi connectivity index (χ3n) is 1.85. The Labute approximate surface area is 95.3 Å². The first-order chi connectivity index (χ1) is 7.99. The van der Waals surface area contributed by atoms with Gasteiger partial charge in [-0.1, -0.05) is 0 Å². The van der Waals surface area contributed by atoms with Crippen LogP contribution in [0.15, 0.2) is 12.1 Å². The van der Waals surface area contributed by atoms with E-state index in [0.717, 1.165) is 13.2 Å². The molecule has 0 saturated carbocycles. The molecule has 90 valence electrons. The smallest absolute Gasteiger partial charge is 0.387 e. The third kappa shape index (κ3) is 2.81. The van der Waals surface area contributed by atoms with E-state index in [9.17, 15) is 13.6 Å². The number of halogens is 2. The number of carbonyl (C=O) groups excluding carboxylic acids is 1. The van der Waals surface area contributed by atoms with Crippen LogP contribution in [0.3, 0.4) is 0 Å². The Morgan fingerprint density at radius 2 is 2.18 bits per heavy atom. The van der Waals surface area contributed by atoms with Crippen LogP contribution in [-0.2, 0) is 4.74 Å². The second kappa shape index (κ2) is 5.12. The Balaban J connectivity index is 3.39. The van der Waals surface area contributed by atoms with Gasteiger partial charge >= 0.3 is 12.6 Å². The Hall–Kier alpha value is -2.36. The fraction of sp³-hybridized carbons (Fsp3) is 0.200. The molecule has 0 bridgehead atoms. The minimum absolute atomic E-state index is 0.0323. The number of anilines is 1. The molecule has 0 atom stereocenters. The van der Waals surface area contributed by atoms with Gasteiger partial charge in [0.15, 0.2) is 0 Å². The molecule has 0 radical (unpaired) electrons. The summed E-state index contributed by atoms with van der Waals surface area (Å²) in [6.07, 6.45) is 0. The van der Waals surface area contributed by atoms with Crippen molar-refractivity contribution in [1.82, 2.24) is 0 Å². The van der Waals surface area contributed by atoms with Gasteiger partial charge in [0.1, 0.15) is 17.4 Å². The number of nitrogen functional groups attached to an aromatic ring is 1. The van der Waals surface area contributed by atoms with Crippen LogP contribution in [0.2, 0.25) is 0 Å². The van der Waals surface area contributed by atoms with Gasteiger partial charge in [-0.15, -0.1) is 0 Å². The van der Waals surface area contributed by atoms with Gasteiger partial charge in [-0.3, -0.25) is 0 Å². The summed E-state index contributed by atoms with van der Waals surface area (Å²) in [7, 11) is 1.06. The van der Waals surface area contributed by atoms with Crippen molar-refractivity contribution in [3.63, 3.8) is 0 Å². The first kappa shape index (κ1) is 12.7. The van der Waals surface area contributed by atoms with Crippen LogP contribution in [0.4, 0.5) is 14.5 Å². The van der Waals surface area contributed by atoms with Crippen molar-refractivity contribution in [3.05, 3.63) is 23.3 Å². The van der Waals surface area contributed by atoms with E-state index in [1.165, 1.54) is 6.07 Å². The van der Waals surface area contributed by atoms with Crippen LogP contribution in [0.1, 0.15) is 15.9 Å². The molecule has 0 amide bonds. The Kier molecular flexibility index (Phi) is 3.82. The number of rotatable bonds is 3. The van der Waals surface area contributed by atoms with Gasteiger partial charge in [0.25, 0.3) is 0 Å². The van der Waals surface area contributed by atoms with Crippen molar-refractivity contribution >= 4 is 11.7 Å². The van der Waals surface area contributed by atoms with Crippen LogP contribution in [0, 0.1) is 11.3 Å². The highest BCUT2D eigenvalue weighted by Gasteiger charge is 2.21. The van der Waals surface area contributed by atoms with E-state index in [2.05, 4.69) is 9.47 Å². The van der Waals surface area contributed by atoms with E-state index in [0.29, 0.717) is 0 Å². The molecule has 0 fully saturated rings. The SMILES string of the molecule is COC(=O)c1c(C#N)cc(N)cc1OC(F)F. The lowest BCUT2D eigenvalue weighted by atomic mass is 10.1. The second-order valence-electron chi connectivity index (χ2n) is 2.92. The summed E-state index contributed by atoms with van der Waals surface area (Å²) in [5.41, 5.74) is 4.87. The van der Waals surface area contributed by atoms with Crippen LogP contribution in [0.5, 0.6) is 5.75 Å². The van der Waals surface area contributed by atoms with Gasteiger partial charge in [-0.05, 0) is 6.07 Å². The molecular formula is C10H8F2N2O3. The number of benzene rings is 1.